The number of aromatic nitrogens is 2. The standard InChI is InChI=1S/C37H56N2O4/c1-6-9-28-23-38-35(39-28)37(19-20-37)33(43-34(42)10-7-2)17-12-24(3)30-15-16-31-26(11-8-18-36(30,31)5)13-14-27-21-29(40)22-32(41)25(27)4/h13-14,23-24,29-33,40-41H,4,6-12,15-22H2,1-3,5H3,(H,38,39)/b26-13+,27-14-/t24-,29-,30-,31+,32+,33-,36-/m1/s1. The number of H-pyrrole nitrogens is 1. The normalized spacial score (nSPS) is 33.4. The van der Waals surface area contributed by atoms with Crippen LogP contribution in [0.4, 0.5) is 0 Å². The van der Waals surface area contributed by atoms with Gasteiger partial charge in [0.2, 0.25) is 0 Å². The zero-order valence-electron chi connectivity index (χ0n) is 27.2. The average Bonchev–Trinajstić information content (AvgIpc) is 3.49. The molecular formula is C37H56N2O4. The van der Waals surface area contributed by atoms with Crippen molar-refractivity contribution < 1.29 is 19.7 Å². The number of rotatable bonds is 12. The van der Waals surface area contributed by atoms with Crippen molar-refractivity contribution in [1.29, 1.82) is 0 Å². The lowest BCUT2D eigenvalue weighted by atomic mass is 9.60. The van der Waals surface area contributed by atoms with E-state index in [1.54, 1.807) is 0 Å². The molecule has 1 aromatic heterocycles. The summed E-state index contributed by atoms with van der Waals surface area (Å²) in [5, 5.41) is 20.5. The number of aromatic amines is 1. The Kier molecular flexibility index (Phi) is 10.1. The van der Waals surface area contributed by atoms with Crippen LogP contribution in [0.25, 0.3) is 0 Å². The van der Waals surface area contributed by atoms with E-state index in [4.69, 9.17) is 9.72 Å². The molecule has 0 saturated heterocycles. The van der Waals surface area contributed by atoms with Gasteiger partial charge < -0.3 is 19.9 Å². The highest BCUT2D eigenvalue weighted by atomic mass is 16.5. The van der Waals surface area contributed by atoms with Crippen molar-refractivity contribution in [2.45, 2.75) is 148 Å². The first-order valence-electron chi connectivity index (χ1n) is 17.3. The number of esters is 1. The van der Waals surface area contributed by atoms with E-state index >= 15 is 0 Å². The molecule has 6 heteroatoms. The quantitative estimate of drug-likeness (QED) is 0.217. The van der Waals surface area contributed by atoms with Crippen LogP contribution in [-0.2, 0) is 21.4 Å². The minimum Gasteiger partial charge on any atom is -0.461 e. The van der Waals surface area contributed by atoms with Gasteiger partial charge in [-0.05, 0) is 111 Å². The zero-order chi connectivity index (χ0) is 30.8. The highest BCUT2D eigenvalue weighted by molar-refractivity contribution is 5.69. The van der Waals surface area contributed by atoms with Crippen molar-refractivity contribution in [1.82, 2.24) is 9.97 Å². The Morgan fingerprint density at radius 1 is 1.19 bits per heavy atom. The van der Waals surface area contributed by atoms with Crippen LogP contribution in [0.2, 0.25) is 0 Å². The number of hydrogen-bond donors (Lipinski definition) is 3. The predicted molar refractivity (Wildman–Crippen MR) is 171 cm³/mol. The van der Waals surface area contributed by atoms with Crippen LogP contribution in [0, 0.1) is 23.2 Å². The van der Waals surface area contributed by atoms with Crippen molar-refractivity contribution >= 4 is 5.97 Å². The molecule has 7 atom stereocenters. The Bertz CT molecular complexity index is 1210. The summed E-state index contributed by atoms with van der Waals surface area (Å²) in [5.41, 5.74) is 4.57. The largest absolute Gasteiger partial charge is 0.461 e. The summed E-state index contributed by atoms with van der Waals surface area (Å²) in [4.78, 5) is 21.2. The number of imidazole rings is 1. The molecular weight excluding hydrogens is 536 g/mol. The summed E-state index contributed by atoms with van der Waals surface area (Å²) in [5.74, 6) is 2.71. The Balaban J connectivity index is 1.28. The van der Waals surface area contributed by atoms with Gasteiger partial charge in [-0.2, -0.15) is 0 Å². The summed E-state index contributed by atoms with van der Waals surface area (Å²) in [6.07, 6.45) is 19.5. The third-order valence-corrected chi connectivity index (χ3v) is 11.6. The summed E-state index contributed by atoms with van der Waals surface area (Å²) >= 11 is 0. The molecule has 4 aliphatic rings. The highest BCUT2D eigenvalue weighted by Gasteiger charge is 2.56. The number of aliphatic hydroxyl groups excluding tert-OH is 2. The van der Waals surface area contributed by atoms with E-state index in [0.29, 0.717) is 37.0 Å². The number of ether oxygens (including phenoxy) is 1. The van der Waals surface area contributed by atoms with Crippen molar-refractivity contribution in [2.75, 3.05) is 0 Å². The third-order valence-electron chi connectivity index (χ3n) is 11.6. The Morgan fingerprint density at radius 2 is 1.98 bits per heavy atom. The van der Waals surface area contributed by atoms with E-state index in [1.165, 1.54) is 37.0 Å². The fourth-order valence-corrected chi connectivity index (χ4v) is 9.02. The molecule has 0 unspecified atom stereocenters. The molecule has 0 radical (unpaired) electrons. The van der Waals surface area contributed by atoms with Crippen LogP contribution in [0.1, 0.15) is 129 Å². The molecule has 238 valence electrons. The molecule has 4 fully saturated rings. The Labute approximate surface area is 259 Å². The van der Waals surface area contributed by atoms with E-state index in [9.17, 15) is 15.0 Å². The first-order valence-corrected chi connectivity index (χ1v) is 17.3. The maximum atomic E-state index is 12.8. The molecule has 4 saturated carbocycles. The molecule has 43 heavy (non-hydrogen) atoms. The second-order valence-corrected chi connectivity index (χ2v) is 14.6. The summed E-state index contributed by atoms with van der Waals surface area (Å²) in [6, 6.07) is 0. The van der Waals surface area contributed by atoms with Gasteiger partial charge in [0, 0.05) is 24.7 Å². The topological polar surface area (TPSA) is 95.4 Å². The first kappa shape index (κ1) is 32.2. The summed E-state index contributed by atoms with van der Waals surface area (Å²) in [7, 11) is 0. The van der Waals surface area contributed by atoms with Crippen LogP contribution < -0.4 is 0 Å². The van der Waals surface area contributed by atoms with Crippen LogP contribution >= 0.6 is 0 Å². The van der Waals surface area contributed by atoms with Crippen LogP contribution in [-0.4, -0.2) is 44.5 Å². The lowest BCUT2D eigenvalue weighted by molar-refractivity contribution is -0.151. The lowest BCUT2D eigenvalue weighted by Gasteiger charge is -2.44. The molecule has 0 aromatic carbocycles. The van der Waals surface area contributed by atoms with Crippen molar-refractivity contribution in [3.05, 3.63) is 53.2 Å². The molecule has 6 nitrogen and oxygen atoms in total. The minimum absolute atomic E-state index is 0.0727. The SMILES string of the molecule is C=C1/C(=C\C=C2/CCC[C@]3(C)[C@@H]([C@H](C)CC[C@@H](OC(=O)CCC)C4(c5ncc(CCC)[nH]5)CC4)CC[C@@H]23)C[C@@H](O)C[C@@H]1O. The number of aliphatic hydroxyl groups is 2. The molecule has 0 bridgehead atoms. The van der Waals surface area contributed by atoms with E-state index in [2.05, 4.69) is 44.5 Å². The number of nitrogens with one attached hydrogen (secondary N) is 1. The minimum atomic E-state index is -0.646. The summed E-state index contributed by atoms with van der Waals surface area (Å²) < 4.78 is 6.26. The van der Waals surface area contributed by atoms with Gasteiger partial charge in [-0.3, -0.25) is 4.79 Å². The van der Waals surface area contributed by atoms with Crippen LogP contribution in [0.15, 0.2) is 41.6 Å². The van der Waals surface area contributed by atoms with Gasteiger partial charge in [0.05, 0.1) is 17.6 Å². The van der Waals surface area contributed by atoms with Gasteiger partial charge in [-0.15, -0.1) is 0 Å². The van der Waals surface area contributed by atoms with E-state index in [0.717, 1.165) is 68.3 Å². The molecule has 0 amide bonds. The lowest BCUT2D eigenvalue weighted by Crippen LogP contribution is -2.37. The molecule has 0 spiro atoms. The van der Waals surface area contributed by atoms with Gasteiger partial charge in [0.15, 0.2) is 0 Å². The molecule has 1 heterocycles. The number of aryl methyl sites for hydroxylation is 1. The second-order valence-electron chi connectivity index (χ2n) is 14.6. The Hall–Kier alpha value is -2.18. The molecule has 4 aliphatic carbocycles. The fourth-order valence-electron chi connectivity index (χ4n) is 9.02. The monoisotopic (exact) mass is 592 g/mol. The number of carbonyl (C=O) groups is 1. The van der Waals surface area contributed by atoms with Gasteiger partial charge >= 0.3 is 5.97 Å². The Morgan fingerprint density at radius 3 is 2.70 bits per heavy atom. The van der Waals surface area contributed by atoms with Crippen molar-refractivity contribution in [3.63, 3.8) is 0 Å². The number of allylic oxidation sites excluding steroid dienone is 3. The highest BCUT2D eigenvalue weighted by Crippen LogP contribution is 2.60. The van der Waals surface area contributed by atoms with Gasteiger partial charge in [-0.1, -0.05) is 58.4 Å². The van der Waals surface area contributed by atoms with Gasteiger partial charge in [0.25, 0.3) is 0 Å². The van der Waals surface area contributed by atoms with Crippen molar-refractivity contribution in [3.8, 4) is 0 Å². The summed E-state index contributed by atoms with van der Waals surface area (Å²) in [6.45, 7) is 13.3. The predicted octanol–water partition coefficient (Wildman–Crippen LogP) is 7.66. The maximum absolute atomic E-state index is 12.8. The molecule has 3 N–H and O–H groups in total. The van der Waals surface area contributed by atoms with Gasteiger partial charge in [0.1, 0.15) is 11.9 Å². The van der Waals surface area contributed by atoms with Crippen LogP contribution in [0.3, 0.4) is 0 Å². The zero-order valence-corrected chi connectivity index (χ0v) is 27.2. The van der Waals surface area contributed by atoms with E-state index in [-0.39, 0.29) is 22.9 Å². The van der Waals surface area contributed by atoms with E-state index in [1.807, 2.05) is 13.1 Å². The maximum Gasteiger partial charge on any atom is 0.306 e. The number of hydrogen-bond acceptors (Lipinski definition) is 5. The molecule has 5 rings (SSSR count). The molecule has 1 aromatic rings. The van der Waals surface area contributed by atoms with Gasteiger partial charge in [-0.25, -0.2) is 4.98 Å². The smallest absolute Gasteiger partial charge is 0.306 e. The first-order chi connectivity index (χ1) is 20.6. The fraction of sp³-hybridized carbons (Fsp3) is 0.730. The number of nitrogens with zero attached hydrogens (tertiary/aromatic N) is 1. The second kappa shape index (κ2) is 13.4. The van der Waals surface area contributed by atoms with Crippen molar-refractivity contribution in [2.24, 2.45) is 23.2 Å². The third kappa shape index (κ3) is 6.76. The average molecular weight is 593 g/mol. The molecule has 0 aliphatic heterocycles. The van der Waals surface area contributed by atoms with Crippen LogP contribution in [0.5, 0.6) is 0 Å². The number of carbonyl (C=O) groups excluding carboxylic acids is 1. The number of fused-ring (bicyclic) bond motifs is 1. The van der Waals surface area contributed by atoms with E-state index < -0.39 is 12.2 Å².